The molecule has 0 spiro atoms. The third kappa shape index (κ3) is 3.70. The van der Waals surface area contributed by atoms with E-state index in [0.717, 1.165) is 25.3 Å². The van der Waals surface area contributed by atoms with Crippen molar-refractivity contribution in [2.75, 3.05) is 34.3 Å². The van der Waals surface area contributed by atoms with E-state index in [2.05, 4.69) is 22.3 Å². The van der Waals surface area contributed by atoms with Gasteiger partial charge in [0.1, 0.15) is 5.75 Å². The van der Waals surface area contributed by atoms with E-state index in [-0.39, 0.29) is 11.8 Å². The molecular weight excluding hydrogens is 240 g/mol. The fourth-order valence-electron chi connectivity index (χ4n) is 2.24. The van der Waals surface area contributed by atoms with Crippen LogP contribution in [0.4, 0.5) is 0 Å². The van der Waals surface area contributed by atoms with Gasteiger partial charge in [0, 0.05) is 19.0 Å². The van der Waals surface area contributed by atoms with Gasteiger partial charge in [0.15, 0.2) is 0 Å². The van der Waals surface area contributed by atoms with Gasteiger partial charge >= 0.3 is 0 Å². The summed E-state index contributed by atoms with van der Waals surface area (Å²) < 4.78 is 5.14. The normalized spacial score (nSPS) is 21.3. The Morgan fingerprint density at radius 2 is 2.05 bits per heavy atom. The van der Waals surface area contributed by atoms with Gasteiger partial charge in [-0.1, -0.05) is 12.1 Å². The lowest BCUT2D eigenvalue weighted by Crippen LogP contribution is -2.32. The number of carbonyl (C=O) groups excluding carboxylic acids is 1. The molecule has 1 fully saturated rings. The highest BCUT2D eigenvalue weighted by molar-refractivity contribution is 5.82. The second-order valence-electron chi connectivity index (χ2n) is 5.32. The van der Waals surface area contributed by atoms with Gasteiger partial charge in [-0.3, -0.25) is 4.79 Å². The molecule has 2 rings (SSSR count). The molecule has 4 heteroatoms. The largest absolute Gasteiger partial charge is 0.497 e. The summed E-state index contributed by atoms with van der Waals surface area (Å²) in [7, 11) is 5.67. The summed E-state index contributed by atoms with van der Waals surface area (Å²) in [5, 5.41) is 2.99. The van der Waals surface area contributed by atoms with Gasteiger partial charge < -0.3 is 15.0 Å². The summed E-state index contributed by atoms with van der Waals surface area (Å²) in [4.78, 5) is 14.0. The van der Waals surface area contributed by atoms with Crippen molar-refractivity contribution in [2.24, 2.45) is 5.92 Å². The van der Waals surface area contributed by atoms with Gasteiger partial charge in [-0.25, -0.2) is 0 Å². The number of amides is 1. The highest BCUT2D eigenvalue weighted by Crippen LogP contribution is 2.47. The van der Waals surface area contributed by atoms with E-state index >= 15 is 0 Å². The average Bonchev–Trinajstić information content (AvgIpc) is 3.18. The van der Waals surface area contributed by atoms with Crippen LogP contribution in [0.15, 0.2) is 24.3 Å². The molecule has 1 aliphatic rings. The Hall–Kier alpha value is -1.55. The molecule has 1 saturated carbocycles. The zero-order valence-corrected chi connectivity index (χ0v) is 11.8. The lowest BCUT2D eigenvalue weighted by Gasteiger charge is -2.10. The van der Waals surface area contributed by atoms with Crippen molar-refractivity contribution in [1.29, 1.82) is 0 Å². The van der Waals surface area contributed by atoms with Crippen molar-refractivity contribution in [1.82, 2.24) is 10.2 Å². The van der Waals surface area contributed by atoms with Crippen LogP contribution in [0.2, 0.25) is 0 Å². The van der Waals surface area contributed by atoms with Crippen molar-refractivity contribution in [3.8, 4) is 5.75 Å². The van der Waals surface area contributed by atoms with Gasteiger partial charge in [-0.2, -0.15) is 0 Å². The van der Waals surface area contributed by atoms with E-state index in [4.69, 9.17) is 4.74 Å². The first-order valence-electron chi connectivity index (χ1n) is 6.68. The van der Waals surface area contributed by atoms with Crippen molar-refractivity contribution in [3.05, 3.63) is 29.8 Å². The van der Waals surface area contributed by atoms with Gasteiger partial charge in [-0.05, 0) is 44.1 Å². The Labute approximate surface area is 114 Å². The van der Waals surface area contributed by atoms with Gasteiger partial charge in [0.25, 0.3) is 0 Å². The summed E-state index contributed by atoms with van der Waals surface area (Å²) in [6.07, 6.45) is 0.958. The number of benzene rings is 1. The van der Waals surface area contributed by atoms with Crippen LogP contribution in [0.1, 0.15) is 17.9 Å². The molecular formula is C15H22N2O2. The predicted octanol–water partition coefficient (Wildman–Crippen LogP) is 1.48. The van der Waals surface area contributed by atoms with Crippen molar-refractivity contribution >= 4 is 5.91 Å². The first kappa shape index (κ1) is 13.9. The van der Waals surface area contributed by atoms with E-state index in [1.807, 2.05) is 26.2 Å². The van der Waals surface area contributed by atoms with E-state index in [9.17, 15) is 4.79 Å². The van der Waals surface area contributed by atoms with E-state index < -0.39 is 0 Å². The van der Waals surface area contributed by atoms with Crippen LogP contribution in [0.25, 0.3) is 0 Å². The maximum atomic E-state index is 11.9. The van der Waals surface area contributed by atoms with Crippen LogP contribution in [0.3, 0.4) is 0 Å². The molecule has 0 saturated heterocycles. The van der Waals surface area contributed by atoms with Gasteiger partial charge in [0.2, 0.25) is 5.91 Å². The molecule has 0 heterocycles. The van der Waals surface area contributed by atoms with Crippen LogP contribution in [0, 0.1) is 5.92 Å². The fraction of sp³-hybridized carbons (Fsp3) is 0.533. The molecule has 1 aliphatic carbocycles. The molecule has 1 N–H and O–H groups in total. The average molecular weight is 262 g/mol. The molecule has 2 unspecified atom stereocenters. The number of rotatable bonds is 6. The molecule has 19 heavy (non-hydrogen) atoms. The monoisotopic (exact) mass is 262 g/mol. The fourth-order valence-corrected chi connectivity index (χ4v) is 2.24. The minimum Gasteiger partial charge on any atom is -0.497 e. The van der Waals surface area contributed by atoms with Crippen LogP contribution >= 0.6 is 0 Å². The lowest BCUT2D eigenvalue weighted by molar-refractivity contribution is -0.122. The topological polar surface area (TPSA) is 41.6 Å². The Kier molecular flexibility index (Phi) is 4.43. The zero-order valence-electron chi connectivity index (χ0n) is 11.8. The molecule has 0 radical (unpaired) electrons. The molecule has 4 nitrogen and oxygen atoms in total. The Bertz CT molecular complexity index is 428. The quantitative estimate of drug-likeness (QED) is 0.844. The van der Waals surface area contributed by atoms with Crippen molar-refractivity contribution < 1.29 is 9.53 Å². The SMILES string of the molecule is COc1ccc(C2CC2C(=O)NCCN(C)C)cc1. The first-order chi connectivity index (χ1) is 9.11. The number of likely N-dealkylation sites (N-methyl/N-ethyl adjacent to an activating group) is 1. The Morgan fingerprint density at radius 3 is 2.63 bits per heavy atom. The van der Waals surface area contributed by atoms with E-state index in [0.29, 0.717) is 5.92 Å². The van der Waals surface area contributed by atoms with Crippen LogP contribution in [-0.2, 0) is 4.79 Å². The maximum Gasteiger partial charge on any atom is 0.223 e. The van der Waals surface area contributed by atoms with Crippen molar-refractivity contribution in [3.63, 3.8) is 0 Å². The summed E-state index contributed by atoms with van der Waals surface area (Å²) in [5.74, 6) is 1.57. The molecule has 0 aliphatic heterocycles. The molecule has 2 atom stereocenters. The number of nitrogens with zero attached hydrogens (tertiary/aromatic N) is 1. The lowest BCUT2D eigenvalue weighted by atomic mass is 10.1. The molecule has 1 amide bonds. The van der Waals surface area contributed by atoms with Gasteiger partial charge in [-0.15, -0.1) is 0 Å². The standard InChI is InChI=1S/C15H22N2O2/c1-17(2)9-8-16-15(18)14-10-13(14)11-4-6-12(19-3)7-5-11/h4-7,13-14H,8-10H2,1-3H3,(H,16,18). The third-order valence-corrected chi connectivity index (χ3v) is 3.53. The van der Waals surface area contributed by atoms with Crippen molar-refractivity contribution in [2.45, 2.75) is 12.3 Å². The Morgan fingerprint density at radius 1 is 1.37 bits per heavy atom. The number of hydrogen-bond donors (Lipinski definition) is 1. The Balaban J connectivity index is 1.81. The summed E-state index contributed by atoms with van der Waals surface area (Å²) >= 11 is 0. The smallest absolute Gasteiger partial charge is 0.223 e. The maximum absolute atomic E-state index is 11.9. The minimum atomic E-state index is 0.149. The minimum absolute atomic E-state index is 0.149. The summed E-state index contributed by atoms with van der Waals surface area (Å²) in [6, 6.07) is 8.01. The zero-order chi connectivity index (χ0) is 13.8. The second-order valence-corrected chi connectivity index (χ2v) is 5.32. The number of ether oxygens (including phenoxy) is 1. The van der Waals surface area contributed by atoms with E-state index in [1.54, 1.807) is 7.11 Å². The summed E-state index contributed by atoms with van der Waals surface area (Å²) in [6.45, 7) is 1.60. The number of nitrogens with one attached hydrogen (secondary N) is 1. The molecule has 0 bridgehead atoms. The molecule has 1 aromatic rings. The number of hydrogen-bond acceptors (Lipinski definition) is 3. The number of methoxy groups -OCH3 is 1. The summed E-state index contributed by atoms with van der Waals surface area (Å²) in [5.41, 5.74) is 1.23. The first-order valence-corrected chi connectivity index (χ1v) is 6.68. The number of carbonyl (C=O) groups is 1. The predicted molar refractivity (Wildman–Crippen MR) is 75.4 cm³/mol. The van der Waals surface area contributed by atoms with Gasteiger partial charge in [0.05, 0.1) is 7.11 Å². The molecule has 104 valence electrons. The van der Waals surface area contributed by atoms with Crippen LogP contribution < -0.4 is 10.1 Å². The highest BCUT2D eigenvalue weighted by atomic mass is 16.5. The highest BCUT2D eigenvalue weighted by Gasteiger charge is 2.43. The molecule has 1 aromatic carbocycles. The van der Waals surface area contributed by atoms with Crippen LogP contribution in [0.5, 0.6) is 5.75 Å². The van der Waals surface area contributed by atoms with E-state index in [1.165, 1.54) is 5.56 Å². The molecule has 0 aromatic heterocycles. The third-order valence-electron chi connectivity index (χ3n) is 3.53. The second kappa shape index (κ2) is 6.06. The van der Waals surface area contributed by atoms with Crippen LogP contribution in [-0.4, -0.2) is 45.1 Å².